The molecule has 0 aromatic rings. The Morgan fingerprint density at radius 2 is 1.10 bits per heavy atom. The first kappa shape index (κ1) is 26.2. The molecule has 21 heavy (non-hydrogen) atoms. The quantitative estimate of drug-likeness (QED) is 0.386. The van der Waals surface area contributed by atoms with Crippen molar-refractivity contribution in [2.75, 3.05) is 26.2 Å². The van der Waals surface area contributed by atoms with Gasteiger partial charge in [0.15, 0.2) is 0 Å². The average Bonchev–Trinajstić information content (AvgIpc) is 2.38. The number of rotatable bonds is 9. The molecule has 0 aliphatic heterocycles. The van der Waals surface area contributed by atoms with Crippen molar-refractivity contribution in [1.29, 1.82) is 0 Å². The maximum atomic E-state index is 9.55. The number of carbonyl (C=O) groups is 2. The van der Waals surface area contributed by atoms with E-state index >= 15 is 0 Å². The summed E-state index contributed by atoms with van der Waals surface area (Å²) in [5.41, 5.74) is 0. The first-order chi connectivity index (χ1) is 9.37. The van der Waals surface area contributed by atoms with Gasteiger partial charge in [0.1, 0.15) is 0 Å². The van der Waals surface area contributed by atoms with E-state index in [9.17, 15) is 9.59 Å². The summed E-state index contributed by atoms with van der Waals surface area (Å²) in [4.78, 5) is 19.1. The van der Waals surface area contributed by atoms with Crippen molar-refractivity contribution in [2.24, 2.45) is 0 Å². The monoisotopic (exact) mass is 328 g/mol. The number of carboxylic acid groups (broad SMARTS) is 2. The van der Waals surface area contributed by atoms with E-state index in [0.717, 1.165) is 0 Å². The fourth-order valence-corrected chi connectivity index (χ4v) is 2.38. The Bertz CT molecular complexity index is 273. The molecule has 0 saturated carbocycles. The molecule has 0 aromatic heterocycles. The summed E-state index contributed by atoms with van der Waals surface area (Å²) in [6.07, 6.45) is 5.10. The van der Waals surface area contributed by atoms with Crippen LogP contribution in [0.25, 0.3) is 0 Å². The van der Waals surface area contributed by atoms with Crippen LogP contribution < -0.4 is 0 Å². The standard InChI is InChI=1S/C11H26N.C4H4O4.K.H/c1-5-9-12(8-4,10-6-2)11-7-3;5-3(6)1-2-4(7)8;;/h5-11H2,1-4H3;1-2H,(H,5,6)(H,7,8);;/q+1;;;/b;2-1+;;. The van der Waals surface area contributed by atoms with Crippen molar-refractivity contribution in [3.63, 3.8) is 0 Å². The van der Waals surface area contributed by atoms with E-state index in [1.165, 1.54) is 49.9 Å². The van der Waals surface area contributed by atoms with Gasteiger partial charge < -0.3 is 14.7 Å². The van der Waals surface area contributed by atoms with Gasteiger partial charge in [-0.3, -0.25) is 0 Å². The summed E-state index contributed by atoms with van der Waals surface area (Å²) in [5.74, 6) is -2.51. The van der Waals surface area contributed by atoms with E-state index in [1.807, 2.05) is 0 Å². The predicted octanol–water partition coefficient (Wildman–Crippen LogP) is 2.12. The Morgan fingerprint density at radius 3 is 1.24 bits per heavy atom. The molecule has 0 atom stereocenters. The van der Waals surface area contributed by atoms with Crippen LogP contribution in [0, 0.1) is 0 Å². The maximum absolute atomic E-state index is 9.55. The van der Waals surface area contributed by atoms with Crippen molar-refractivity contribution in [2.45, 2.75) is 47.0 Å². The third kappa shape index (κ3) is 16.5. The van der Waals surface area contributed by atoms with Gasteiger partial charge in [-0.15, -0.1) is 0 Å². The van der Waals surface area contributed by atoms with Gasteiger partial charge in [-0.1, -0.05) is 20.8 Å². The fraction of sp³-hybridized carbons (Fsp3) is 0.733. The van der Waals surface area contributed by atoms with E-state index < -0.39 is 11.9 Å². The van der Waals surface area contributed by atoms with Crippen LogP contribution >= 0.6 is 0 Å². The Kier molecular flexibility index (Phi) is 20.8. The molecule has 2 N–H and O–H groups in total. The SMILES string of the molecule is CCC[N+](CC)(CCC)CCC.O=C(O)/C=C/C(=O)O.[KH]. The third-order valence-electron chi connectivity index (χ3n) is 3.13. The van der Waals surface area contributed by atoms with Gasteiger partial charge in [0.2, 0.25) is 0 Å². The van der Waals surface area contributed by atoms with Crippen molar-refractivity contribution < 1.29 is 24.3 Å². The normalized spacial score (nSPS) is 10.5. The number of quaternary nitrogens is 1. The first-order valence-electron chi connectivity index (χ1n) is 7.36. The summed E-state index contributed by atoms with van der Waals surface area (Å²) in [6.45, 7) is 14.7. The average molecular weight is 329 g/mol. The third-order valence-corrected chi connectivity index (χ3v) is 3.13. The van der Waals surface area contributed by atoms with Crippen LogP contribution in [-0.2, 0) is 9.59 Å². The van der Waals surface area contributed by atoms with Crippen molar-refractivity contribution in [3.05, 3.63) is 12.2 Å². The number of hydrogen-bond donors (Lipinski definition) is 2. The van der Waals surface area contributed by atoms with E-state index in [2.05, 4.69) is 27.7 Å². The molecule has 0 saturated heterocycles. The number of carboxylic acids is 2. The van der Waals surface area contributed by atoms with Crippen molar-refractivity contribution in [3.8, 4) is 0 Å². The zero-order valence-electron chi connectivity index (χ0n) is 13.3. The molecule has 0 aliphatic rings. The molecule has 0 unspecified atom stereocenters. The molecule has 0 radical (unpaired) electrons. The molecule has 0 spiro atoms. The molecule has 120 valence electrons. The molecule has 0 aromatic carbocycles. The second-order valence-electron chi connectivity index (χ2n) is 4.84. The Balaban J connectivity index is -0.000000317. The van der Waals surface area contributed by atoms with Gasteiger partial charge in [-0.25, -0.2) is 9.59 Å². The summed E-state index contributed by atoms with van der Waals surface area (Å²) in [5, 5.41) is 15.6. The second-order valence-corrected chi connectivity index (χ2v) is 4.84. The van der Waals surface area contributed by atoms with Crippen LogP contribution in [0.1, 0.15) is 47.0 Å². The van der Waals surface area contributed by atoms with E-state index in [1.54, 1.807) is 0 Å². The minimum atomic E-state index is -1.26. The van der Waals surface area contributed by atoms with Crippen LogP contribution in [0.2, 0.25) is 0 Å². The van der Waals surface area contributed by atoms with Crippen molar-refractivity contribution in [1.82, 2.24) is 0 Å². The van der Waals surface area contributed by atoms with Gasteiger partial charge in [0, 0.05) is 12.2 Å². The molecule has 0 fully saturated rings. The predicted molar refractivity (Wildman–Crippen MR) is 87.8 cm³/mol. The van der Waals surface area contributed by atoms with E-state index in [4.69, 9.17) is 10.2 Å². The van der Waals surface area contributed by atoms with Crippen LogP contribution in [-0.4, -0.2) is 104 Å². The zero-order valence-corrected chi connectivity index (χ0v) is 13.3. The topological polar surface area (TPSA) is 74.6 Å². The Hall–Kier alpha value is 0.276. The van der Waals surface area contributed by atoms with E-state index in [-0.39, 0.29) is 51.4 Å². The van der Waals surface area contributed by atoms with Crippen LogP contribution in [0.4, 0.5) is 0 Å². The second kappa shape index (κ2) is 16.6. The van der Waals surface area contributed by atoms with E-state index in [0.29, 0.717) is 12.2 Å². The molecular weight excluding hydrogens is 297 g/mol. The zero-order chi connectivity index (χ0) is 16.0. The number of nitrogens with zero attached hydrogens (tertiary/aromatic N) is 1. The van der Waals surface area contributed by atoms with Crippen LogP contribution in [0.15, 0.2) is 12.2 Å². The number of aliphatic carboxylic acids is 2. The molecular formula is C15H31KNO4+. The van der Waals surface area contributed by atoms with Gasteiger partial charge >= 0.3 is 63.3 Å². The first-order valence-corrected chi connectivity index (χ1v) is 7.36. The minimum absolute atomic E-state index is 0. The molecule has 0 aliphatic carbocycles. The molecule has 5 nitrogen and oxygen atoms in total. The summed E-state index contributed by atoms with van der Waals surface area (Å²) in [6, 6.07) is 0. The summed E-state index contributed by atoms with van der Waals surface area (Å²) < 4.78 is 1.35. The van der Waals surface area contributed by atoms with Gasteiger partial charge in [-0.05, 0) is 26.2 Å². The summed E-state index contributed by atoms with van der Waals surface area (Å²) >= 11 is 0. The van der Waals surface area contributed by atoms with Gasteiger partial charge in [0.05, 0.1) is 26.2 Å². The molecule has 0 rings (SSSR count). The summed E-state index contributed by atoms with van der Waals surface area (Å²) in [7, 11) is 0. The van der Waals surface area contributed by atoms with Crippen LogP contribution in [0.3, 0.4) is 0 Å². The van der Waals surface area contributed by atoms with Gasteiger partial charge in [-0.2, -0.15) is 0 Å². The van der Waals surface area contributed by atoms with Crippen molar-refractivity contribution >= 4 is 63.3 Å². The molecule has 0 amide bonds. The Morgan fingerprint density at radius 1 is 0.810 bits per heavy atom. The molecule has 0 heterocycles. The Labute approximate surface area is 171 Å². The fourth-order valence-electron chi connectivity index (χ4n) is 2.38. The molecule has 0 bridgehead atoms. The van der Waals surface area contributed by atoms with Crippen LogP contribution in [0.5, 0.6) is 0 Å². The molecule has 6 heteroatoms. The number of hydrogen-bond acceptors (Lipinski definition) is 2. The van der Waals surface area contributed by atoms with Gasteiger partial charge in [0.25, 0.3) is 0 Å².